The first-order valence-corrected chi connectivity index (χ1v) is 4.46. The molecule has 6 heteroatoms. The number of carboxylic acids is 2. The van der Waals surface area contributed by atoms with E-state index in [0.717, 1.165) is 26.3 Å². The average molecular weight is 234 g/mol. The van der Waals surface area contributed by atoms with Gasteiger partial charge in [-0.25, -0.2) is 4.79 Å². The van der Waals surface area contributed by atoms with Gasteiger partial charge in [0.2, 0.25) is 0 Å². The minimum absolute atomic E-state index is 0.341. The molecule has 0 heterocycles. The van der Waals surface area contributed by atoms with Gasteiger partial charge in [0.1, 0.15) is 0 Å². The molecule has 0 aromatic rings. The van der Waals surface area contributed by atoms with Crippen molar-refractivity contribution in [2.45, 2.75) is 27.2 Å². The first-order chi connectivity index (χ1) is 7.27. The van der Waals surface area contributed by atoms with Crippen LogP contribution in [0.4, 0.5) is 0 Å². The summed E-state index contributed by atoms with van der Waals surface area (Å²) in [5.41, 5.74) is 0. The summed E-state index contributed by atoms with van der Waals surface area (Å²) in [7, 11) is 0. The van der Waals surface area contributed by atoms with Gasteiger partial charge in [0.15, 0.2) is 0 Å². The molecule has 6 nitrogen and oxygen atoms in total. The van der Waals surface area contributed by atoms with Crippen molar-refractivity contribution >= 4 is 17.9 Å². The molecule has 0 atom stereocenters. The summed E-state index contributed by atoms with van der Waals surface area (Å²) in [6, 6.07) is 0. The third-order valence-electron chi connectivity index (χ3n) is 0.615. The van der Waals surface area contributed by atoms with Gasteiger partial charge in [-0.1, -0.05) is 13.5 Å². The molecular formula is C10H18O6. The van der Waals surface area contributed by atoms with Gasteiger partial charge in [-0.3, -0.25) is 9.59 Å². The van der Waals surface area contributed by atoms with Gasteiger partial charge < -0.3 is 14.9 Å². The number of rotatable bonds is 3. The molecule has 0 bridgehead atoms. The molecule has 0 aliphatic heterocycles. The second kappa shape index (κ2) is 15.6. The molecule has 0 aliphatic rings. The Morgan fingerprint density at radius 3 is 1.69 bits per heavy atom. The second-order valence-electron chi connectivity index (χ2n) is 2.41. The molecule has 0 unspecified atom stereocenters. The molecule has 0 aromatic carbocycles. The maximum Gasteiger partial charge on any atom is 0.330 e. The highest BCUT2D eigenvalue weighted by Crippen LogP contribution is 1.81. The highest BCUT2D eigenvalue weighted by atomic mass is 16.5. The molecular weight excluding hydrogens is 216 g/mol. The molecule has 0 saturated heterocycles. The number of carbonyl (C=O) groups is 3. The van der Waals surface area contributed by atoms with Crippen LogP contribution in [0.1, 0.15) is 27.2 Å². The van der Waals surface area contributed by atoms with Gasteiger partial charge >= 0.3 is 5.97 Å². The van der Waals surface area contributed by atoms with Gasteiger partial charge in [0, 0.05) is 19.9 Å². The van der Waals surface area contributed by atoms with Crippen LogP contribution >= 0.6 is 0 Å². The largest absolute Gasteiger partial charge is 0.481 e. The number of hydrogen-bond donors (Lipinski definition) is 2. The van der Waals surface area contributed by atoms with Crippen molar-refractivity contribution in [1.29, 1.82) is 0 Å². The van der Waals surface area contributed by atoms with E-state index in [9.17, 15) is 4.79 Å². The summed E-state index contributed by atoms with van der Waals surface area (Å²) < 4.78 is 4.58. The lowest BCUT2D eigenvalue weighted by atomic mass is 10.5. The van der Waals surface area contributed by atoms with Gasteiger partial charge in [-0.2, -0.15) is 0 Å². The van der Waals surface area contributed by atoms with E-state index in [1.165, 1.54) is 0 Å². The molecule has 0 amide bonds. The molecule has 16 heavy (non-hydrogen) atoms. The molecule has 0 spiro atoms. The predicted molar refractivity (Wildman–Crippen MR) is 58.1 cm³/mol. The predicted octanol–water partition coefficient (Wildman–Crippen LogP) is 1.31. The number of carboxylic acid groups (broad SMARTS) is 2. The topological polar surface area (TPSA) is 101 Å². The van der Waals surface area contributed by atoms with E-state index in [1.807, 2.05) is 6.92 Å². The Kier molecular flexibility index (Phi) is 19.2. The van der Waals surface area contributed by atoms with Crippen molar-refractivity contribution in [3.63, 3.8) is 0 Å². The Balaban J connectivity index is -0.000000179. The molecule has 0 rings (SSSR count). The Hall–Kier alpha value is -1.85. The quantitative estimate of drug-likeness (QED) is 0.564. The van der Waals surface area contributed by atoms with Crippen molar-refractivity contribution in [2.75, 3.05) is 6.61 Å². The number of aliphatic carboxylic acids is 2. The fourth-order valence-corrected chi connectivity index (χ4v) is 0.262. The highest BCUT2D eigenvalue weighted by Gasteiger charge is 1.89. The van der Waals surface area contributed by atoms with Crippen LogP contribution in [-0.4, -0.2) is 34.7 Å². The van der Waals surface area contributed by atoms with Gasteiger partial charge in [0.05, 0.1) is 6.61 Å². The standard InChI is InChI=1S/C6H10O2.2C2H4O2/c1-3-5-8-6(7)4-2;2*1-2(3)4/h4H,2-3,5H2,1H3;2*1H3,(H,3,4). The summed E-state index contributed by atoms with van der Waals surface area (Å²) in [5.74, 6) is -2.01. The van der Waals surface area contributed by atoms with Crippen LogP contribution in [0.5, 0.6) is 0 Å². The van der Waals surface area contributed by atoms with E-state index in [-0.39, 0.29) is 5.97 Å². The highest BCUT2D eigenvalue weighted by molar-refractivity contribution is 5.81. The number of carbonyl (C=O) groups excluding carboxylic acids is 1. The average Bonchev–Trinajstić information content (AvgIpc) is 2.12. The van der Waals surface area contributed by atoms with E-state index in [2.05, 4.69) is 11.3 Å². The minimum Gasteiger partial charge on any atom is -0.481 e. The minimum atomic E-state index is -0.833. The maximum absolute atomic E-state index is 10.2. The van der Waals surface area contributed by atoms with Crippen molar-refractivity contribution in [3.05, 3.63) is 12.7 Å². The SMILES string of the molecule is C=CC(=O)OCCC.CC(=O)O.CC(=O)O. The first-order valence-electron chi connectivity index (χ1n) is 4.46. The van der Waals surface area contributed by atoms with Crippen LogP contribution in [0.2, 0.25) is 0 Å². The summed E-state index contributed by atoms with van der Waals surface area (Å²) in [5, 5.41) is 14.8. The summed E-state index contributed by atoms with van der Waals surface area (Å²) in [4.78, 5) is 28.2. The second-order valence-corrected chi connectivity index (χ2v) is 2.41. The smallest absolute Gasteiger partial charge is 0.330 e. The summed E-state index contributed by atoms with van der Waals surface area (Å²) in [6.07, 6.45) is 2.02. The van der Waals surface area contributed by atoms with Crippen molar-refractivity contribution in [3.8, 4) is 0 Å². The zero-order chi connectivity index (χ0) is 13.6. The lowest BCUT2D eigenvalue weighted by molar-refractivity contribution is -0.138. The zero-order valence-corrected chi connectivity index (χ0v) is 9.73. The number of hydrogen-bond acceptors (Lipinski definition) is 4. The first kappa shape index (κ1) is 19.7. The zero-order valence-electron chi connectivity index (χ0n) is 9.73. The van der Waals surface area contributed by atoms with Crippen LogP contribution in [0.15, 0.2) is 12.7 Å². The van der Waals surface area contributed by atoms with E-state index >= 15 is 0 Å². The Morgan fingerprint density at radius 2 is 1.50 bits per heavy atom. The third kappa shape index (κ3) is 87.7. The molecule has 0 fully saturated rings. The van der Waals surface area contributed by atoms with Gasteiger partial charge in [-0.15, -0.1) is 0 Å². The van der Waals surface area contributed by atoms with Crippen molar-refractivity contribution < 1.29 is 29.3 Å². The Bertz CT molecular complexity index is 201. The van der Waals surface area contributed by atoms with E-state index in [0.29, 0.717) is 6.61 Å². The Morgan fingerprint density at radius 1 is 1.19 bits per heavy atom. The van der Waals surface area contributed by atoms with Crippen LogP contribution in [-0.2, 0) is 19.1 Å². The fraction of sp³-hybridized carbons (Fsp3) is 0.500. The molecule has 0 radical (unpaired) electrons. The van der Waals surface area contributed by atoms with Crippen LogP contribution in [0, 0.1) is 0 Å². The van der Waals surface area contributed by atoms with E-state index < -0.39 is 11.9 Å². The lowest BCUT2D eigenvalue weighted by Crippen LogP contribution is -1.99. The third-order valence-corrected chi connectivity index (χ3v) is 0.615. The van der Waals surface area contributed by atoms with Crippen LogP contribution < -0.4 is 0 Å². The van der Waals surface area contributed by atoms with E-state index in [4.69, 9.17) is 19.8 Å². The normalized spacial score (nSPS) is 7.19. The van der Waals surface area contributed by atoms with Crippen LogP contribution in [0.3, 0.4) is 0 Å². The molecule has 0 aliphatic carbocycles. The van der Waals surface area contributed by atoms with E-state index in [1.54, 1.807) is 0 Å². The molecule has 2 N–H and O–H groups in total. The lowest BCUT2D eigenvalue weighted by Gasteiger charge is -1.94. The number of esters is 1. The maximum atomic E-state index is 10.2. The van der Waals surface area contributed by atoms with Crippen molar-refractivity contribution in [2.24, 2.45) is 0 Å². The summed E-state index contributed by atoms with van der Waals surface area (Å²) in [6.45, 7) is 7.84. The number of ether oxygens (including phenoxy) is 1. The van der Waals surface area contributed by atoms with Gasteiger partial charge in [0.25, 0.3) is 11.9 Å². The molecule has 0 saturated carbocycles. The fourth-order valence-electron chi connectivity index (χ4n) is 0.262. The van der Waals surface area contributed by atoms with Crippen molar-refractivity contribution in [1.82, 2.24) is 0 Å². The molecule has 94 valence electrons. The molecule has 0 aromatic heterocycles. The Labute approximate surface area is 94.5 Å². The summed E-state index contributed by atoms with van der Waals surface area (Å²) >= 11 is 0. The monoisotopic (exact) mass is 234 g/mol. The van der Waals surface area contributed by atoms with Crippen LogP contribution in [0.25, 0.3) is 0 Å². The van der Waals surface area contributed by atoms with Gasteiger partial charge in [-0.05, 0) is 6.42 Å².